The fourth-order valence-corrected chi connectivity index (χ4v) is 1.82. The Hall–Kier alpha value is -1.06. The molecular weight excluding hydrogens is 190 g/mol. The number of benzene rings is 1. The molecule has 0 saturated carbocycles. The lowest BCUT2D eigenvalue weighted by Crippen LogP contribution is -2.34. The molecule has 1 heterocycles. The Balaban J connectivity index is 1.96. The lowest BCUT2D eigenvalue weighted by Gasteiger charge is -2.23. The number of hydrogen-bond acceptors (Lipinski definition) is 3. The summed E-state index contributed by atoms with van der Waals surface area (Å²) < 4.78 is 5.85. The highest BCUT2D eigenvalue weighted by Gasteiger charge is 2.14. The number of aliphatic hydroxyl groups excluding tert-OH is 1. The zero-order chi connectivity index (χ0) is 10.5. The SMILES string of the molecule is OCc1cccc(OC2CCNCC2)c1. The highest BCUT2D eigenvalue weighted by molar-refractivity contribution is 5.28. The monoisotopic (exact) mass is 207 g/mol. The third-order valence-electron chi connectivity index (χ3n) is 2.67. The van der Waals surface area contributed by atoms with E-state index in [1.165, 1.54) is 0 Å². The highest BCUT2D eigenvalue weighted by Crippen LogP contribution is 2.18. The van der Waals surface area contributed by atoms with Crippen molar-refractivity contribution in [1.82, 2.24) is 5.32 Å². The van der Waals surface area contributed by atoms with Crippen LogP contribution in [-0.2, 0) is 6.61 Å². The quantitative estimate of drug-likeness (QED) is 0.785. The zero-order valence-electron chi connectivity index (χ0n) is 8.78. The molecule has 82 valence electrons. The molecule has 1 aromatic carbocycles. The Bertz CT molecular complexity index is 308. The zero-order valence-corrected chi connectivity index (χ0v) is 8.78. The smallest absolute Gasteiger partial charge is 0.120 e. The number of aliphatic hydroxyl groups is 1. The van der Waals surface area contributed by atoms with Gasteiger partial charge in [-0.05, 0) is 43.6 Å². The minimum atomic E-state index is 0.0728. The Kier molecular flexibility index (Phi) is 3.59. The number of hydrogen-bond donors (Lipinski definition) is 2. The fourth-order valence-electron chi connectivity index (χ4n) is 1.82. The van der Waals surface area contributed by atoms with Crippen molar-refractivity contribution in [2.75, 3.05) is 13.1 Å². The van der Waals surface area contributed by atoms with Crippen LogP contribution >= 0.6 is 0 Å². The summed E-state index contributed by atoms with van der Waals surface area (Å²) in [5.41, 5.74) is 0.904. The van der Waals surface area contributed by atoms with Crippen LogP contribution in [0.4, 0.5) is 0 Å². The van der Waals surface area contributed by atoms with E-state index in [0.717, 1.165) is 37.2 Å². The summed E-state index contributed by atoms with van der Waals surface area (Å²) in [7, 11) is 0. The van der Waals surface area contributed by atoms with Gasteiger partial charge < -0.3 is 15.2 Å². The second-order valence-corrected chi connectivity index (χ2v) is 3.87. The van der Waals surface area contributed by atoms with E-state index in [0.29, 0.717) is 6.10 Å². The third-order valence-corrected chi connectivity index (χ3v) is 2.67. The Labute approximate surface area is 90.1 Å². The van der Waals surface area contributed by atoms with E-state index >= 15 is 0 Å². The van der Waals surface area contributed by atoms with E-state index in [1.54, 1.807) is 0 Å². The summed E-state index contributed by atoms with van der Waals surface area (Å²) in [5, 5.41) is 12.3. The molecule has 1 aromatic rings. The van der Waals surface area contributed by atoms with Crippen molar-refractivity contribution >= 4 is 0 Å². The topological polar surface area (TPSA) is 41.5 Å². The minimum absolute atomic E-state index is 0.0728. The van der Waals surface area contributed by atoms with E-state index in [4.69, 9.17) is 9.84 Å². The van der Waals surface area contributed by atoms with Gasteiger partial charge in [-0.3, -0.25) is 0 Å². The molecule has 0 spiro atoms. The van der Waals surface area contributed by atoms with Gasteiger partial charge >= 0.3 is 0 Å². The molecule has 1 saturated heterocycles. The van der Waals surface area contributed by atoms with Crippen molar-refractivity contribution in [3.63, 3.8) is 0 Å². The third kappa shape index (κ3) is 2.94. The molecule has 3 nitrogen and oxygen atoms in total. The van der Waals surface area contributed by atoms with Crippen LogP contribution in [0.3, 0.4) is 0 Å². The van der Waals surface area contributed by atoms with Crippen LogP contribution in [0, 0.1) is 0 Å². The second kappa shape index (κ2) is 5.14. The molecular formula is C12H17NO2. The normalized spacial score (nSPS) is 17.7. The number of nitrogens with one attached hydrogen (secondary N) is 1. The molecule has 0 bridgehead atoms. The maximum absolute atomic E-state index is 9.00. The molecule has 0 aromatic heterocycles. The maximum Gasteiger partial charge on any atom is 0.120 e. The summed E-state index contributed by atoms with van der Waals surface area (Å²) in [6, 6.07) is 7.67. The number of piperidine rings is 1. The van der Waals surface area contributed by atoms with Crippen molar-refractivity contribution < 1.29 is 9.84 Å². The van der Waals surface area contributed by atoms with E-state index in [-0.39, 0.29) is 6.61 Å². The standard InChI is InChI=1S/C12H17NO2/c14-9-10-2-1-3-12(8-10)15-11-4-6-13-7-5-11/h1-3,8,11,13-14H,4-7,9H2. The average molecular weight is 207 g/mol. The molecule has 15 heavy (non-hydrogen) atoms. The molecule has 0 unspecified atom stereocenters. The van der Waals surface area contributed by atoms with Crippen molar-refractivity contribution in [3.05, 3.63) is 29.8 Å². The summed E-state index contributed by atoms with van der Waals surface area (Å²) in [6.45, 7) is 2.14. The first kappa shape index (κ1) is 10.5. The molecule has 2 N–H and O–H groups in total. The number of rotatable bonds is 3. The van der Waals surface area contributed by atoms with Gasteiger partial charge in [-0.2, -0.15) is 0 Å². The van der Waals surface area contributed by atoms with Crippen LogP contribution in [0.2, 0.25) is 0 Å². The van der Waals surface area contributed by atoms with Crippen molar-refractivity contribution in [1.29, 1.82) is 0 Å². The van der Waals surface area contributed by atoms with Crippen LogP contribution in [0.5, 0.6) is 5.75 Å². The molecule has 0 amide bonds. The lowest BCUT2D eigenvalue weighted by molar-refractivity contribution is 0.162. The molecule has 0 aliphatic carbocycles. The van der Waals surface area contributed by atoms with Crippen molar-refractivity contribution in [3.8, 4) is 5.75 Å². The summed E-state index contributed by atoms with van der Waals surface area (Å²) in [5.74, 6) is 0.869. The molecule has 2 rings (SSSR count). The van der Waals surface area contributed by atoms with E-state index in [2.05, 4.69) is 5.32 Å². The lowest BCUT2D eigenvalue weighted by atomic mass is 10.1. The first-order chi connectivity index (χ1) is 7.38. The average Bonchev–Trinajstić information content (AvgIpc) is 2.31. The summed E-state index contributed by atoms with van der Waals surface area (Å²) >= 11 is 0. The molecule has 1 fully saturated rings. The van der Waals surface area contributed by atoms with Crippen molar-refractivity contribution in [2.45, 2.75) is 25.6 Å². The Morgan fingerprint density at radius 1 is 1.33 bits per heavy atom. The predicted octanol–water partition coefficient (Wildman–Crippen LogP) is 1.31. The van der Waals surface area contributed by atoms with Gasteiger partial charge in [0.2, 0.25) is 0 Å². The predicted molar refractivity (Wildman–Crippen MR) is 58.9 cm³/mol. The van der Waals surface area contributed by atoms with Crippen LogP contribution in [0.25, 0.3) is 0 Å². The molecule has 3 heteroatoms. The largest absolute Gasteiger partial charge is 0.490 e. The first-order valence-corrected chi connectivity index (χ1v) is 5.45. The number of ether oxygens (including phenoxy) is 1. The highest BCUT2D eigenvalue weighted by atomic mass is 16.5. The Morgan fingerprint density at radius 2 is 2.13 bits per heavy atom. The van der Waals surface area contributed by atoms with Crippen LogP contribution < -0.4 is 10.1 Å². The molecule has 1 aliphatic rings. The van der Waals surface area contributed by atoms with E-state index < -0.39 is 0 Å². The first-order valence-electron chi connectivity index (χ1n) is 5.45. The molecule has 0 atom stereocenters. The van der Waals surface area contributed by atoms with Crippen LogP contribution in [0.1, 0.15) is 18.4 Å². The van der Waals surface area contributed by atoms with Gasteiger partial charge in [0.25, 0.3) is 0 Å². The molecule has 1 aliphatic heterocycles. The van der Waals surface area contributed by atoms with Gasteiger partial charge in [-0.1, -0.05) is 12.1 Å². The second-order valence-electron chi connectivity index (χ2n) is 3.87. The van der Waals surface area contributed by atoms with E-state index in [9.17, 15) is 0 Å². The van der Waals surface area contributed by atoms with Gasteiger partial charge in [-0.25, -0.2) is 0 Å². The molecule has 0 radical (unpaired) electrons. The van der Waals surface area contributed by atoms with Crippen LogP contribution in [0.15, 0.2) is 24.3 Å². The summed E-state index contributed by atoms with van der Waals surface area (Å²) in [6.07, 6.45) is 2.44. The van der Waals surface area contributed by atoms with E-state index in [1.807, 2.05) is 24.3 Å². The maximum atomic E-state index is 9.00. The Morgan fingerprint density at radius 3 is 2.87 bits per heavy atom. The van der Waals surface area contributed by atoms with Crippen LogP contribution in [-0.4, -0.2) is 24.3 Å². The van der Waals surface area contributed by atoms with Gasteiger partial charge in [0, 0.05) is 0 Å². The van der Waals surface area contributed by atoms with Gasteiger partial charge in [0.05, 0.1) is 6.61 Å². The van der Waals surface area contributed by atoms with Crippen molar-refractivity contribution in [2.24, 2.45) is 0 Å². The van der Waals surface area contributed by atoms with Gasteiger partial charge in [-0.15, -0.1) is 0 Å². The van der Waals surface area contributed by atoms with Gasteiger partial charge in [0.1, 0.15) is 11.9 Å². The fraction of sp³-hybridized carbons (Fsp3) is 0.500. The summed E-state index contributed by atoms with van der Waals surface area (Å²) in [4.78, 5) is 0. The minimum Gasteiger partial charge on any atom is -0.490 e. The van der Waals surface area contributed by atoms with Gasteiger partial charge in [0.15, 0.2) is 0 Å².